The largest absolute Gasteiger partial charge is 0.481 e. The minimum absolute atomic E-state index is 0.0116. The number of hydrogen-bond acceptors (Lipinski definition) is 8. The van der Waals surface area contributed by atoms with E-state index in [1.54, 1.807) is 27.7 Å². The molecule has 0 aliphatic carbocycles. The molecule has 4 N–H and O–H groups in total. The molecule has 0 saturated carbocycles. The molecule has 0 aromatic heterocycles. The van der Waals surface area contributed by atoms with Crippen molar-refractivity contribution in [1.82, 2.24) is 0 Å². The Labute approximate surface area is 213 Å². The fourth-order valence-electron chi connectivity index (χ4n) is 1.55. The van der Waals surface area contributed by atoms with Gasteiger partial charge in [-0.2, -0.15) is 0 Å². The number of amides is 1. The zero-order chi connectivity index (χ0) is 27.7. The van der Waals surface area contributed by atoms with Crippen molar-refractivity contribution in [2.75, 3.05) is 11.1 Å². The molecule has 194 valence electrons. The first kappa shape index (κ1) is 33.9. The number of halogens is 2. The standard InChI is InChI=1S/C10H12N2O3.C6H6N2O2.C4H8O2.Cl2OS/c1-7(2)10(13)11-8-3-5-9(6-4-8)12(14)15;7-5-1-3-6(4-2-5)8(9)10;1-3(2)4(5)6;1-4(2)3/h3-7H,1-2H3,(H,11,13);1-4H,7H2;3H,1-2H3,(H,5,6);. The highest BCUT2D eigenvalue weighted by Crippen LogP contribution is 2.16. The lowest BCUT2D eigenvalue weighted by Gasteiger charge is -2.06. The summed E-state index contributed by atoms with van der Waals surface area (Å²) in [6, 6.07) is 11.5. The summed E-state index contributed by atoms with van der Waals surface area (Å²) in [4.78, 5) is 40.5. The molecule has 0 aliphatic heterocycles. The summed E-state index contributed by atoms with van der Waals surface area (Å²) in [6.07, 6.45) is 0. The SMILES string of the molecule is CC(C)C(=O)Nc1ccc([N+](=O)[O-])cc1.CC(C)C(=O)O.Nc1ccc([N+](=O)[O-])cc1.O=S(Cl)Cl. The molecule has 0 saturated heterocycles. The van der Waals surface area contributed by atoms with Gasteiger partial charge in [0.05, 0.1) is 15.8 Å². The Kier molecular flexibility index (Phi) is 17.5. The minimum atomic E-state index is -1.67. The van der Waals surface area contributed by atoms with Gasteiger partial charge in [0.15, 0.2) is 0 Å². The van der Waals surface area contributed by atoms with Crippen LogP contribution in [0.3, 0.4) is 0 Å². The van der Waals surface area contributed by atoms with E-state index in [1.165, 1.54) is 48.5 Å². The van der Waals surface area contributed by atoms with Gasteiger partial charge in [0.1, 0.15) is 0 Å². The molecule has 35 heavy (non-hydrogen) atoms. The first-order valence-corrected chi connectivity index (χ1v) is 12.4. The van der Waals surface area contributed by atoms with E-state index in [0.29, 0.717) is 11.4 Å². The first-order chi connectivity index (χ1) is 16.1. The predicted molar refractivity (Wildman–Crippen MR) is 136 cm³/mol. The molecule has 0 atom stereocenters. The Morgan fingerprint density at radius 1 is 0.886 bits per heavy atom. The van der Waals surface area contributed by atoms with Crippen LogP contribution in [0, 0.1) is 32.1 Å². The van der Waals surface area contributed by atoms with E-state index >= 15 is 0 Å². The molecule has 15 heteroatoms. The van der Waals surface area contributed by atoms with Crippen LogP contribution in [0.15, 0.2) is 48.5 Å². The summed E-state index contributed by atoms with van der Waals surface area (Å²) in [7, 11) is 7.36. The summed E-state index contributed by atoms with van der Waals surface area (Å²) in [5.41, 5.74) is 6.48. The number of anilines is 2. The van der Waals surface area contributed by atoms with Gasteiger partial charge in [-0.15, -0.1) is 0 Å². The number of carboxylic acid groups (broad SMARTS) is 1. The second-order valence-corrected chi connectivity index (χ2v) is 9.50. The normalized spacial score (nSPS) is 9.51. The van der Waals surface area contributed by atoms with Crippen molar-refractivity contribution >= 4 is 65.2 Å². The van der Waals surface area contributed by atoms with E-state index in [0.717, 1.165) is 0 Å². The Hall–Kier alpha value is -3.29. The number of benzene rings is 2. The number of rotatable bonds is 5. The van der Waals surface area contributed by atoms with Crippen LogP contribution in [0.25, 0.3) is 0 Å². The lowest BCUT2D eigenvalue weighted by atomic mass is 10.2. The number of nitrogens with two attached hydrogens (primary N) is 1. The summed E-state index contributed by atoms with van der Waals surface area (Å²) in [5, 5.41) is 31.1. The van der Waals surface area contributed by atoms with Gasteiger partial charge in [0, 0.05) is 62.9 Å². The average Bonchev–Trinajstić information content (AvgIpc) is 2.74. The van der Waals surface area contributed by atoms with Crippen LogP contribution >= 0.6 is 21.4 Å². The van der Waals surface area contributed by atoms with Gasteiger partial charge in [-0.05, 0) is 24.3 Å². The number of carbonyl (C=O) groups is 2. The van der Waals surface area contributed by atoms with Crippen molar-refractivity contribution in [3.8, 4) is 0 Å². The minimum Gasteiger partial charge on any atom is -0.481 e. The van der Waals surface area contributed by atoms with Gasteiger partial charge in [0.25, 0.3) is 11.4 Å². The maximum absolute atomic E-state index is 11.3. The second-order valence-electron chi connectivity index (χ2n) is 6.97. The molecule has 2 aromatic carbocycles. The molecule has 12 nitrogen and oxygen atoms in total. The van der Waals surface area contributed by atoms with Crippen LogP contribution in [0.4, 0.5) is 22.7 Å². The summed E-state index contributed by atoms with van der Waals surface area (Å²) >= 11 is 0. The smallest absolute Gasteiger partial charge is 0.305 e. The number of nitro groups is 2. The highest BCUT2D eigenvalue weighted by molar-refractivity contribution is 8.26. The van der Waals surface area contributed by atoms with Crippen molar-refractivity contribution in [2.45, 2.75) is 27.7 Å². The van der Waals surface area contributed by atoms with Crippen molar-refractivity contribution in [1.29, 1.82) is 0 Å². The third kappa shape index (κ3) is 18.8. The molecule has 1 amide bonds. The van der Waals surface area contributed by atoms with Crippen molar-refractivity contribution in [2.24, 2.45) is 11.8 Å². The number of nitrogens with zero attached hydrogens (tertiary/aromatic N) is 2. The van der Waals surface area contributed by atoms with Gasteiger partial charge in [-0.1, -0.05) is 27.7 Å². The number of nitrogens with one attached hydrogen (secondary N) is 1. The van der Waals surface area contributed by atoms with Crippen molar-refractivity contribution in [3.63, 3.8) is 0 Å². The lowest BCUT2D eigenvalue weighted by Crippen LogP contribution is -2.17. The summed E-state index contributed by atoms with van der Waals surface area (Å²) in [6.45, 7) is 6.84. The van der Waals surface area contributed by atoms with Gasteiger partial charge >= 0.3 is 5.97 Å². The van der Waals surface area contributed by atoms with Crippen LogP contribution < -0.4 is 11.1 Å². The average molecular weight is 553 g/mol. The van der Waals surface area contributed by atoms with Gasteiger partial charge in [0.2, 0.25) is 15.1 Å². The van der Waals surface area contributed by atoms with Crippen LogP contribution in [0.1, 0.15) is 27.7 Å². The Balaban J connectivity index is 0. The van der Waals surface area contributed by atoms with Crippen LogP contribution in [0.2, 0.25) is 0 Å². The molecule has 0 heterocycles. The highest BCUT2D eigenvalue weighted by atomic mass is 36.0. The number of hydrogen-bond donors (Lipinski definition) is 3. The first-order valence-electron chi connectivity index (χ1n) is 9.60. The summed E-state index contributed by atoms with van der Waals surface area (Å²) in [5.74, 6) is -1.19. The lowest BCUT2D eigenvalue weighted by molar-refractivity contribution is -0.385. The molecule has 2 rings (SSSR count). The van der Waals surface area contributed by atoms with E-state index in [4.69, 9.17) is 15.0 Å². The number of non-ortho nitro benzene ring substituents is 2. The molecular formula is C20H26Cl2N4O8S. The molecule has 0 aliphatic rings. The van der Waals surface area contributed by atoms with E-state index in [9.17, 15) is 29.8 Å². The summed E-state index contributed by atoms with van der Waals surface area (Å²) < 4.78 is 9.09. The third-order valence-corrected chi connectivity index (χ3v) is 3.47. The molecule has 0 spiro atoms. The van der Waals surface area contributed by atoms with E-state index < -0.39 is 25.0 Å². The zero-order valence-electron chi connectivity index (χ0n) is 19.2. The highest BCUT2D eigenvalue weighted by Gasteiger charge is 2.08. The van der Waals surface area contributed by atoms with Crippen LogP contribution in [-0.4, -0.2) is 31.0 Å². The van der Waals surface area contributed by atoms with E-state index in [-0.39, 0.29) is 29.1 Å². The van der Waals surface area contributed by atoms with Crippen molar-refractivity contribution in [3.05, 3.63) is 68.8 Å². The number of nitrogen functional groups attached to an aromatic ring is 1. The second kappa shape index (κ2) is 18.1. The Morgan fingerprint density at radius 3 is 1.46 bits per heavy atom. The van der Waals surface area contributed by atoms with Crippen LogP contribution in [0.5, 0.6) is 0 Å². The van der Waals surface area contributed by atoms with Crippen LogP contribution in [-0.2, 0) is 18.8 Å². The number of carboxylic acids is 1. The third-order valence-electron chi connectivity index (χ3n) is 3.47. The topological polar surface area (TPSA) is 196 Å². The predicted octanol–water partition coefficient (Wildman–Crippen LogP) is 5.14. The van der Waals surface area contributed by atoms with Gasteiger partial charge in [-0.3, -0.25) is 29.8 Å². The van der Waals surface area contributed by atoms with E-state index in [1.807, 2.05) is 0 Å². The monoisotopic (exact) mass is 552 g/mol. The molecular weight excluding hydrogens is 527 g/mol. The Bertz CT molecular complexity index is 984. The molecule has 0 fully saturated rings. The fourth-order valence-corrected chi connectivity index (χ4v) is 1.55. The van der Waals surface area contributed by atoms with Crippen molar-refractivity contribution < 1.29 is 28.8 Å². The number of carbonyl (C=O) groups excluding carboxylic acids is 1. The molecule has 0 bridgehead atoms. The molecule has 2 aromatic rings. The quantitative estimate of drug-likeness (QED) is 0.194. The molecule has 0 unspecified atom stereocenters. The molecule has 0 radical (unpaired) electrons. The van der Waals surface area contributed by atoms with Gasteiger partial charge < -0.3 is 16.2 Å². The zero-order valence-corrected chi connectivity index (χ0v) is 21.5. The maximum Gasteiger partial charge on any atom is 0.305 e. The number of nitro benzene ring substituents is 2. The van der Waals surface area contributed by atoms with Gasteiger partial charge in [-0.25, -0.2) is 4.21 Å². The van der Waals surface area contributed by atoms with E-state index in [2.05, 4.69) is 26.7 Å². The number of aliphatic carboxylic acids is 1. The fraction of sp³-hybridized carbons (Fsp3) is 0.300. The maximum atomic E-state index is 11.3. The Morgan fingerprint density at radius 2 is 1.20 bits per heavy atom.